The molecule has 0 radical (unpaired) electrons. The highest BCUT2D eigenvalue weighted by atomic mass is 16.4. The summed E-state index contributed by atoms with van der Waals surface area (Å²) < 4.78 is 5.50. The molecule has 0 aromatic carbocycles. The van der Waals surface area contributed by atoms with Crippen LogP contribution in [0.25, 0.3) is 0 Å². The third kappa shape index (κ3) is 3.57. The highest BCUT2D eigenvalue weighted by Crippen LogP contribution is 2.03. The molecular formula is C9H17N3O. The zero-order chi connectivity index (χ0) is 9.52. The van der Waals surface area contributed by atoms with Gasteiger partial charge in [-0.25, -0.2) is 4.98 Å². The zero-order valence-electron chi connectivity index (χ0n) is 8.26. The van der Waals surface area contributed by atoms with Crippen molar-refractivity contribution in [2.75, 3.05) is 27.2 Å². The summed E-state index contributed by atoms with van der Waals surface area (Å²) in [5.74, 6) is 1.78. The molecule has 0 spiro atoms. The van der Waals surface area contributed by atoms with E-state index in [0.29, 0.717) is 0 Å². The Balaban J connectivity index is 2.34. The van der Waals surface area contributed by atoms with Crippen molar-refractivity contribution in [2.45, 2.75) is 12.8 Å². The largest absolute Gasteiger partial charge is 0.446 e. The van der Waals surface area contributed by atoms with Crippen molar-refractivity contribution in [3.8, 4) is 0 Å². The minimum Gasteiger partial charge on any atom is -0.446 e. The fraction of sp³-hybridized carbons (Fsp3) is 0.667. The molecule has 0 aliphatic carbocycles. The molecule has 0 amide bonds. The van der Waals surface area contributed by atoms with Crippen molar-refractivity contribution >= 4 is 0 Å². The van der Waals surface area contributed by atoms with Gasteiger partial charge in [-0.1, -0.05) is 0 Å². The van der Waals surface area contributed by atoms with E-state index in [4.69, 9.17) is 4.42 Å². The summed E-state index contributed by atoms with van der Waals surface area (Å²) in [5, 5.41) is 6.12. The fourth-order valence-electron chi connectivity index (χ4n) is 1.06. The van der Waals surface area contributed by atoms with Gasteiger partial charge in [0.15, 0.2) is 5.89 Å². The molecule has 0 fully saturated rings. The molecule has 2 N–H and O–H groups in total. The summed E-state index contributed by atoms with van der Waals surface area (Å²) in [6.45, 7) is 1.84. The van der Waals surface area contributed by atoms with Crippen LogP contribution in [0.15, 0.2) is 10.6 Å². The second kappa shape index (κ2) is 5.72. The molecule has 1 aromatic heterocycles. The molecular weight excluding hydrogens is 166 g/mol. The van der Waals surface area contributed by atoms with Crippen LogP contribution in [-0.2, 0) is 12.8 Å². The van der Waals surface area contributed by atoms with E-state index in [1.807, 2.05) is 20.3 Å². The number of aromatic nitrogens is 1. The molecule has 4 heteroatoms. The number of nitrogens with one attached hydrogen (secondary N) is 2. The lowest BCUT2D eigenvalue weighted by molar-refractivity contribution is 0.449. The summed E-state index contributed by atoms with van der Waals surface area (Å²) >= 11 is 0. The van der Waals surface area contributed by atoms with Crippen LogP contribution in [0.1, 0.15) is 11.7 Å². The van der Waals surface area contributed by atoms with Crippen molar-refractivity contribution in [1.29, 1.82) is 0 Å². The summed E-state index contributed by atoms with van der Waals surface area (Å²) in [5.41, 5.74) is 0. The monoisotopic (exact) mass is 183 g/mol. The normalized spacial score (nSPS) is 10.6. The second-order valence-corrected chi connectivity index (χ2v) is 2.93. The van der Waals surface area contributed by atoms with Crippen LogP contribution in [0.2, 0.25) is 0 Å². The van der Waals surface area contributed by atoms with Crippen LogP contribution >= 0.6 is 0 Å². The van der Waals surface area contributed by atoms with Crippen LogP contribution < -0.4 is 10.6 Å². The van der Waals surface area contributed by atoms with E-state index in [0.717, 1.165) is 37.6 Å². The summed E-state index contributed by atoms with van der Waals surface area (Å²) in [6.07, 6.45) is 3.57. The summed E-state index contributed by atoms with van der Waals surface area (Å²) in [6, 6.07) is 0. The summed E-state index contributed by atoms with van der Waals surface area (Å²) in [4.78, 5) is 4.17. The van der Waals surface area contributed by atoms with Crippen molar-refractivity contribution < 1.29 is 4.42 Å². The average molecular weight is 183 g/mol. The Morgan fingerprint density at radius 2 is 1.92 bits per heavy atom. The lowest BCUT2D eigenvalue weighted by Crippen LogP contribution is -2.10. The molecule has 1 rings (SSSR count). The first-order valence-electron chi connectivity index (χ1n) is 4.59. The van der Waals surface area contributed by atoms with E-state index in [9.17, 15) is 0 Å². The minimum atomic E-state index is 0.820. The summed E-state index contributed by atoms with van der Waals surface area (Å²) in [7, 11) is 3.85. The molecule has 4 nitrogen and oxygen atoms in total. The van der Waals surface area contributed by atoms with Crippen molar-refractivity contribution in [3.05, 3.63) is 17.8 Å². The van der Waals surface area contributed by atoms with Gasteiger partial charge < -0.3 is 15.1 Å². The molecule has 0 saturated carbocycles. The predicted molar refractivity (Wildman–Crippen MR) is 51.8 cm³/mol. The molecule has 0 aliphatic heterocycles. The van der Waals surface area contributed by atoms with Crippen molar-refractivity contribution in [2.24, 2.45) is 0 Å². The molecule has 0 bridgehead atoms. The standard InChI is InChI=1S/C9H17N3O/c1-10-5-3-8-7-12-9(13-8)4-6-11-2/h7,10-11H,3-6H2,1-2H3. The number of hydrogen-bond donors (Lipinski definition) is 2. The maximum atomic E-state index is 5.50. The van der Waals surface area contributed by atoms with Gasteiger partial charge in [0.2, 0.25) is 0 Å². The van der Waals surface area contributed by atoms with E-state index >= 15 is 0 Å². The Hall–Kier alpha value is -0.870. The smallest absolute Gasteiger partial charge is 0.195 e. The topological polar surface area (TPSA) is 50.1 Å². The van der Waals surface area contributed by atoms with Crippen molar-refractivity contribution in [1.82, 2.24) is 15.6 Å². The van der Waals surface area contributed by atoms with Crippen molar-refractivity contribution in [3.63, 3.8) is 0 Å². The Morgan fingerprint density at radius 3 is 2.62 bits per heavy atom. The first kappa shape index (κ1) is 10.2. The van der Waals surface area contributed by atoms with Crippen LogP contribution in [0, 0.1) is 0 Å². The lowest BCUT2D eigenvalue weighted by Gasteiger charge is -1.95. The molecule has 74 valence electrons. The third-order valence-corrected chi connectivity index (χ3v) is 1.81. The third-order valence-electron chi connectivity index (χ3n) is 1.81. The first-order chi connectivity index (χ1) is 6.36. The van der Waals surface area contributed by atoms with Gasteiger partial charge in [0.1, 0.15) is 5.76 Å². The maximum Gasteiger partial charge on any atom is 0.195 e. The second-order valence-electron chi connectivity index (χ2n) is 2.93. The van der Waals surface area contributed by atoms with Gasteiger partial charge in [-0.15, -0.1) is 0 Å². The van der Waals surface area contributed by atoms with Gasteiger partial charge in [0.05, 0.1) is 6.20 Å². The molecule has 0 unspecified atom stereocenters. The molecule has 1 aromatic rings. The van der Waals surface area contributed by atoms with Gasteiger partial charge in [-0.05, 0) is 14.1 Å². The van der Waals surface area contributed by atoms with Gasteiger partial charge in [-0.2, -0.15) is 0 Å². The van der Waals surface area contributed by atoms with E-state index in [2.05, 4.69) is 15.6 Å². The predicted octanol–water partition coefficient (Wildman–Crippen LogP) is 0.198. The Labute approximate surface area is 78.7 Å². The van der Waals surface area contributed by atoms with E-state index < -0.39 is 0 Å². The Bertz CT molecular complexity index is 212. The van der Waals surface area contributed by atoms with Crippen LogP contribution in [-0.4, -0.2) is 32.2 Å². The fourth-order valence-corrected chi connectivity index (χ4v) is 1.06. The SMILES string of the molecule is CNCCc1cnc(CCNC)o1. The first-order valence-corrected chi connectivity index (χ1v) is 4.59. The highest BCUT2D eigenvalue weighted by Gasteiger charge is 2.01. The zero-order valence-corrected chi connectivity index (χ0v) is 8.26. The van der Waals surface area contributed by atoms with Crippen LogP contribution in [0.3, 0.4) is 0 Å². The van der Waals surface area contributed by atoms with E-state index in [-0.39, 0.29) is 0 Å². The van der Waals surface area contributed by atoms with E-state index in [1.54, 1.807) is 0 Å². The molecule has 0 aliphatic rings. The van der Waals surface area contributed by atoms with Gasteiger partial charge in [-0.3, -0.25) is 0 Å². The average Bonchev–Trinajstić information content (AvgIpc) is 2.59. The number of hydrogen-bond acceptors (Lipinski definition) is 4. The van der Waals surface area contributed by atoms with E-state index in [1.165, 1.54) is 0 Å². The van der Waals surface area contributed by atoms with Crippen LogP contribution in [0.5, 0.6) is 0 Å². The minimum absolute atomic E-state index is 0.820. The molecule has 1 heterocycles. The number of likely N-dealkylation sites (N-methyl/N-ethyl adjacent to an activating group) is 2. The number of nitrogens with zero attached hydrogens (tertiary/aromatic N) is 1. The van der Waals surface area contributed by atoms with Crippen LogP contribution in [0.4, 0.5) is 0 Å². The Kier molecular flexibility index (Phi) is 4.49. The maximum absolute atomic E-state index is 5.50. The number of rotatable bonds is 6. The highest BCUT2D eigenvalue weighted by molar-refractivity contribution is 4.95. The van der Waals surface area contributed by atoms with Gasteiger partial charge >= 0.3 is 0 Å². The Morgan fingerprint density at radius 1 is 1.23 bits per heavy atom. The van der Waals surface area contributed by atoms with Gasteiger partial charge in [0.25, 0.3) is 0 Å². The molecule has 0 saturated heterocycles. The number of oxazole rings is 1. The molecule has 0 atom stereocenters. The molecule has 13 heavy (non-hydrogen) atoms. The quantitative estimate of drug-likeness (QED) is 0.661. The lowest BCUT2D eigenvalue weighted by atomic mass is 10.3. The van der Waals surface area contributed by atoms with Gasteiger partial charge in [0, 0.05) is 25.9 Å².